The van der Waals surface area contributed by atoms with Crippen molar-refractivity contribution in [2.45, 2.75) is 8.65 Å². The van der Waals surface area contributed by atoms with Gasteiger partial charge in [0.2, 0.25) is 11.8 Å². The Morgan fingerprint density at radius 3 is 1.31 bits per heavy atom. The molecule has 7 rings (SSSR count). The largest absolute Gasteiger partial charge is 0.274 e. The van der Waals surface area contributed by atoms with Crippen molar-refractivity contribution in [3.8, 4) is 0 Å². The number of amides is 2. The molecule has 0 spiro atoms. The van der Waals surface area contributed by atoms with E-state index in [2.05, 4.69) is 56.1 Å². The van der Waals surface area contributed by atoms with Gasteiger partial charge in [-0.1, -0.05) is 98.6 Å². The second kappa shape index (κ2) is 5.67. The summed E-state index contributed by atoms with van der Waals surface area (Å²) in [4.78, 5) is 28.9. The average molecular weight is 509 g/mol. The number of alkyl halides is 2. The fourth-order valence-electron chi connectivity index (χ4n) is 5.50. The Balaban J connectivity index is 1.69. The fraction of sp³-hybridized carbons (Fsp3) is 0.167. The Labute approximate surface area is 185 Å². The molecular formula is C24H15Br2NO2. The predicted molar refractivity (Wildman–Crippen MR) is 118 cm³/mol. The van der Waals surface area contributed by atoms with Gasteiger partial charge in [-0.05, 0) is 34.4 Å². The molecule has 2 bridgehead atoms. The Morgan fingerprint density at radius 2 is 0.931 bits per heavy atom. The number of rotatable bonds is 1. The van der Waals surface area contributed by atoms with Gasteiger partial charge in [-0.3, -0.25) is 9.59 Å². The van der Waals surface area contributed by atoms with Crippen LogP contribution in [-0.4, -0.2) is 11.8 Å². The quantitative estimate of drug-likeness (QED) is 0.339. The van der Waals surface area contributed by atoms with Crippen LogP contribution in [0, 0.1) is 11.8 Å². The van der Waals surface area contributed by atoms with Crippen molar-refractivity contribution in [1.29, 1.82) is 0 Å². The van der Waals surface area contributed by atoms with E-state index in [9.17, 15) is 9.59 Å². The van der Waals surface area contributed by atoms with Crippen LogP contribution in [0.4, 0.5) is 5.69 Å². The van der Waals surface area contributed by atoms with E-state index in [0.717, 1.165) is 22.3 Å². The van der Waals surface area contributed by atoms with Crippen LogP contribution in [0.2, 0.25) is 0 Å². The number of halogens is 2. The molecule has 4 aliphatic rings. The van der Waals surface area contributed by atoms with E-state index in [1.165, 1.54) is 4.90 Å². The fourth-order valence-corrected chi connectivity index (χ4v) is 7.80. The summed E-state index contributed by atoms with van der Waals surface area (Å²) in [5.41, 5.74) is 4.82. The highest BCUT2D eigenvalue weighted by atomic mass is 79.9. The zero-order chi connectivity index (χ0) is 20.0. The highest BCUT2D eigenvalue weighted by molar-refractivity contribution is 9.10. The third-order valence-electron chi connectivity index (χ3n) is 6.60. The van der Waals surface area contributed by atoms with Crippen LogP contribution in [0.5, 0.6) is 0 Å². The molecule has 2 amide bonds. The number of imide groups is 1. The minimum Gasteiger partial charge on any atom is -0.274 e. The number of carbonyl (C=O) groups excluding carboxylic acids is 2. The van der Waals surface area contributed by atoms with Crippen LogP contribution in [0.3, 0.4) is 0 Å². The Hall–Kier alpha value is -2.24. The van der Waals surface area contributed by atoms with Gasteiger partial charge in [-0.15, -0.1) is 0 Å². The first kappa shape index (κ1) is 17.6. The topological polar surface area (TPSA) is 37.4 Å². The Bertz CT molecular complexity index is 1080. The van der Waals surface area contributed by atoms with E-state index in [1.807, 2.05) is 54.6 Å². The lowest BCUT2D eigenvalue weighted by molar-refractivity contribution is -0.122. The number of benzene rings is 3. The van der Waals surface area contributed by atoms with Gasteiger partial charge < -0.3 is 0 Å². The molecule has 5 heteroatoms. The molecule has 0 radical (unpaired) electrons. The van der Waals surface area contributed by atoms with E-state index in [-0.39, 0.29) is 11.8 Å². The zero-order valence-corrected chi connectivity index (χ0v) is 18.4. The Morgan fingerprint density at radius 1 is 0.586 bits per heavy atom. The first-order valence-electron chi connectivity index (χ1n) is 9.51. The highest BCUT2D eigenvalue weighted by Gasteiger charge is 2.72. The van der Waals surface area contributed by atoms with Gasteiger partial charge in [-0.25, -0.2) is 4.90 Å². The number of hydrogen-bond donors (Lipinski definition) is 0. The molecule has 0 saturated carbocycles. The summed E-state index contributed by atoms with van der Waals surface area (Å²) in [6.45, 7) is 0. The molecular weight excluding hydrogens is 494 g/mol. The van der Waals surface area contributed by atoms with Crippen molar-refractivity contribution in [2.75, 3.05) is 4.90 Å². The second-order valence-electron chi connectivity index (χ2n) is 7.82. The molecule has 1 heterocycles. The lowest BCUT2D eigenvalue weighted by Crippen LogP contribution is -2.56. The summed E-state index contributed by atoms with van der Waals surface area (Å²) in [6, 6.07) is 25.4. The van der Waals surface area contributed by atoms with Gasteiger partial charge in [0, 0.05) is 0 Å². The summed E-state index contributed by atoms with van der Waals surface area (Å²) in [7, 11) is 0. The minimum absolute atomic E-state index is 0.157. The molecule has 142 valence electrons. The van der Waals surface area contributed by atoms with Gasteiger partial charge in [-0.2, -0.15) is 0 Å². The molecule has 3 nitrogen and oxygen atoms in total. The number of anilines is 1. The molecule has 0 N–H and O–H groups in total. The number of nitrogens with zero attached hydrogens (tertiary/aromatic N) is 1. The number of hydrogen-bond acceptors (Lipinski definition) is 2. The second-order valence-corrected chi connectivity index (χ2v) is 10.3. The molecule has 29 heavy (non-hydrogen) atoms. The maximum Gasteiger partial charge on any atom is 0.239 e. The van der Waals surface area contributed by atoms with E-state index in [4.69, 9.17) is 0 Å². The van der Waals surface area contributed by atoms with Crippen LogP contribution >= 0.6 is 31.9 Å². The number of para-hydroxylation sites is 1. The third kappa shape index (κ3) is 1.89. The summed E-state index contributed by atoms with van der Waals surface area (Å²) >= 11 is 8.02. The van der Waals surface area contributed by atoms with Gasteiger partial charge in [0.15, 0.2) is 0 Å². The van der Waals surface area contributed by atoms with Crippen LogP contribution in [0.15, 0.2) is 78.9 Å². The first-order valence-corrected chi connectivity index (χ1v) is 11.1. The van der Waals surface area contributed by atoms with Crippen molar-refractivity contribution >= 4 is 49.4 Å². The standard InChI is InChI=1S/C24H15Br2NO2/c25-23-15-10-4-5-11-16(15)24(26,18-13-7-6-12-17(18)23)20-19(23)21(28)27(22(20)29)14-8-2-1-3-9-14/h1-13,19-20H/t19-,20-,23?,24?/m1/s1. The van der Waals surface area contributed by atoms with Crippen LogP contribution in [-0.2, 0) is 18.2 Å². The van der Waals surface area contributed by atoms with E-state index in [0.29, 0.717) is 5.69 Å². The van der Waals surface area contributed by atoms with E-state index in [1.54, 1.807) is 0 Å². The summed E-state index contributed by atoms with van der Waals surface area (Å²) in [5, 5.41) is 0. The van der Waals surface area contributed by atoms with Gasteiger partial charge in [0.25, 0.3) is 0 Å². The molecule has 3 aromatic rings. The molecule has 1 fully saturated rings. The highest BCUT2D eigenvalue weighted by Crippen LogP contribution is 2.70. The van der Waals surface area contributed by atoms with Crippen LogP contribution < -0.4 is 4.90 Å². The van der Waals surface area contributed by atoms with Crippen molar-refractivity contribution in [2.24, 2.45) is 11.8 Å². The maximum atomic E-state index is 13.8. The zero-order valence-electron chi connectivity index (χ0n) is 15.2. The molecule has 1 saturated heterocycles. The normalized spacial score (nSPS) is 31.4. The first-order chi connectivity index (χ1) is 14.0. The lowest BCUT2D eigenvalue weighted by Gasteiger charge is -2.55. The van der Waals surface area contributed by atoms with Crippen molar-refractivity contribution in [3.05, 3.63) is 101 Å². The molecule has 2 atom stereocenters. The summed E-state index contributed by atoms with van der Waals surface area (Å²) in [5.74, 6) is -1.37. The Kier molecular flexibility index (Phi) is 3.44. The van der Waals surface area contributed by atoms with Crippen molar-refractivity contribution in [1.82, 2.24) is 0 Å². The molecule has 0 aromatic heterocycles. The lowest BCUT2D eigenvalue weighted by atomic mass is 9.54. The van der Waals surface area contributed by atoms with Gasteiger partial charge in [0.1, 0.15) is 0 Å². The van der Waals surface area contributed by atoms with Crippen LogP contribution in [0.25, 0.3) is 0 Å². The molecule has 3 aliphatic carbocycles. The van der Waals surface area contributed by atoms with E-state index < -0.39 is 20.5 Å². The predicted octanol–water partition coefficient (Wildman–Crippen LogP) is 5.10. The van der Waals surface area contributed by atoms with Crippen molar-refractivity contribution < 1.29 is 9.59 Å². The van der Waals surface area contributed by atoms with Gasteiger partial charge >= 0.3 is 0 Å². The summed E-state index contributed by atoms with van der Waals surface area (Å²) in [6.07, 6.45) is 0. The molecule has 0 unspecified atom stereocenters. The monoisotopic (exact) mass is 507 g/mol. The minimum atomic E-state index is -0.739. The van der Waals surface area contributed by atoms with Crippen molar-refractivity contribution in [3.63, 3.8) is 0 Å². The average Bonchev–Trinajstić information content (AvgIpc) is 3.04. The van der Waals surface area contributed by atoms with Gasteiger partial charge in [0.05, 0.1) is 26.2 Å². The molecule has 3 aromatic carbocycles. The molecule has 1 aliphatic heterocycles. The SMILES string of the molecule is O=C1[C@H]2[C@H](C(=O)N1c1ccccc1)C1(Br)c3ccccc3C2(Br)c2ccccc21. The number of carbonyl (C=O) groups is 2. The van der Waals surface area contributed by atoms with Crippen LogP contribution in [0.1, 0.15) is 22.3 Å². The smallest absolute Gasteiger partial charge is 0.239 e. The summed E-state index contributed by atoms with van der Waals surface area (Å²) < 4.78 is -1.48. The third-order valence-corrected chi connectivity index (χ3v) is 9.29. The van der Waals surface area contributed by atoms with E-state index >= 15 is 0 Å². The maximum absolute atomic E-state index is 13.8.